The summed E-state index contributed by atoms with van der Waals surface area (Å²) in [7, 11) is 0. The van der Waals surface area contributed by atoms with Crippen molar-refractivity contribution in [2.24, 2.45) is 0 Å². The molecule has 0 bridgehead atoms. The first-order valence-corrected chi connectivity index (χ1v) is 8.41. The standard InChI is InChI=1S/C17H20N4O3/c22-15(19-11-4-5-11)9-18-16(23)10-3-6-13-12(8-10)20-17(24)14-2-1-7-21(13)14/h3,6,8,11,14H,1-2,4-5,7,9H2,(H,18,23)(H,19,22)(H,20,24). The van der Waals surface area contributed by atoms with E-state index in [1.54, 1.807) is 12.1 Å². The fourth-order valence-corrected chi connectivity index (χ4v) is 3.34. The Kier molecular flexibility index (Phi) is 3.63. The molecule has 1 atom stereocenters. The molecule has 3 amide bonds. The maximum absolute atomic E-state index is 12.2. The molecule has 1 saturated heterocycles. The van der Waals surface area contributed by atoms with Gasteiger partial charge in [-0.2, -0.15) is 0 Å². The van der Waals surface area contributed by atoms with Crippen molar-refractivity contribution in [1.82, 2.24) is 10.6 Å². The van der Waals surface area contributed by atoms with E-state index < -0.39 is 0 Å². The molecular weight excluding hydrogens is 308 g/mol. The molecule has 126 valence electrons. The number of fused-ring (bicyclic) bond motifs is 3. The fraction of sp³-hybridized carbons (Fsp3) is 0.471. The highest BCUT2D eigenvalue weighted by molar-refractivity contribution is 6.06. The molecular formula is C17H20N4O3. The van der Waals surface area contributed by atoms with Crippen molar-refractivity contribution in [1.29, 1.82) is 0 Å². The van der Waals surface area contributed by atoms with Gasteiger partial charge in [0.05, 0.1) is 17.9 Å². The number of nitrogens with zero attached hydrogens (tertiary/aromatic N) is 1. The van der Waals surface area contributed by atoms with Gasteiger partial charge in [-0.05, 0) is 43.9 Å². The van der Waals surface area contributed by atoms with Crippen LogP contribution in [0.4, 0.5) is 11.4 Å². The van der Waals surface area contributed by atoms with E-state index >= 15 is 0 Å². The van der Waals surface area contributed by atoms with E-state index in [-0.39, 0.29) is 36.3 Å². The number of hydrogen-bond acceptors (Lipinski definition) is 4. The van der Waals surface area contributed by atoms with Crippen LogP contribution >= 0.6 is 0 Å². The van der Waals surface area contributed by atoms with Crippen LogP contribution in [0.15, 0.2) is 18.2 Å². The zero-order chi connectivity index (χ0) is 16.7. The predicted octanol–water partition coefficient (Wildman–Crippen LogP) is 0.616. The van der Waals surface area contributed by atoms with Crippen LogP contribution in [-0.4, -0.2) is 42.9 Å². The van der Waals surface area contributed by atoms with Gasteiger partial charge in [0, 0.05) is 18.2 Å². The van der Waals surface area contributed by atoms with Gasteiger partial charge in [0.15, 0.2) is 0 Å². The Morgan fingerprint density at radius 3 is 2.88 bits per heavy atom. The lowest BCUT2D eigenvalue weighted by Crippen LogP contribution is -2.44. The van der Waals surface area contributed by atoms with E-state index in [2.05, 4.69) is 20.9 Å². The highest BCUT2D eigenvalue weighted by atomic mass is 16.2. The summed E-state index contributed by atoms with van der Waals surface area (Å²) in [4.78, 5) is 38.1. The zero-order valence-electron chi connectivity index (χ0n) is 13.3. The van der Waals surface area contributed by atoms with Crippen molar-refractivity contribution >= 4 is 29.1 Å². The van der Waals surface area contributed by atoms with Crippen molar-refractivity contribution in [3.05, 3.63) is 23.8 Å². The lowest BCUT2D eigenvalue weighted by atomic mass is 10.1. The highest BCUT2D eigenvalue weighted by Crippen LogP contribution is 2.37. The van der Waals surface area contributed by atoms with E-state index in [0.29, 0.717) is 11.3 Å². The van der Waals surface area contributed by atoms with E-state index in [4.69, 9.17) is 0 Å². The Morgan fingerprint density at radius 2 is 2.08 bits per heavy atom. The molecule has 1 saturated carbocycles. The monoisotopic (exact) mass is 328 g/mol. The molecule has 24 heavy (non-hydrogen) atoms. The van der Waals surface area contributed by atoms with Gasteiger partial charge in [0.1, 0.15) is 6.04 Å². The summed E-state index contributed by atoms with van der Waals surface area (Å²) in [6.45, 7) is 0.824. The van der Waals surface area contributed by atoms with Crippen LogP contribution in [0.5, 0.6) is 0 Å². The average Bonchev–Trinajstić information content (AvgIpc) is 3.23. The third-order valence-electron chi connectivity index (χ3n) is 4.73. The summed E-state index contributed by atoms with van der Waals surface area (Å²) < 4.78 is 0. The van der Waals surface area contributed by atoms with E-state index in [1.165, 1.54) is 0 Å². The first kappa shape index (κ1) is 15.0. The minimum atomic E-state index is -0.318. The van der Waals surface area contributed by atoms with E-state index in [0.717, 1.165) is 37.9 Å². The molecule has 3 aliphatic rings. The summed E-state index contributed by atoms with van der Waals surface area (Å²) >= 11 is 0. The lowest BCUT2D eigenvalue weighted by Gasteiger charge is -2.33. The highest BCUT2D eigenvalue weighted by Gasteiger charge is 2.36. The third kappa shape index (κ3) is 2.81. The number of carbonyl (C=O) groups is 3. The molecule has 1 aromatic carbocycles. The number of hydrogen-bond donors (Lipinski definition) is 3. The smallest absolute Gasteiger partial charge is 0.251 e. The number of benzene rings is 1. The van der Waals surface area contributed by atoms with Crippen LogP contribution in [0.2, 0.25) is 0 Å². The molecule has 1 aliphatic carbocycles. The molecule has 0 spiro atoms. The van der Waals surface area contributed by atoms with Crippen LogP contribution in [0.3, 0.4) is 0 Å². The Morgan fingerprint density at radius 1 is 1.25 bits per heavy atom. The Hall–Kier alpha value is -2.57. The maximum Gasteiger partial charge on any atom is 0.251 e. The number of amides is 3. The van der Waals surface area contributed by atoms with Crippen molar-refractivity contribution in [3.63, 3.8) is 0 Å². The minimum absolute atomic E-state index is 0.0126. The molecule has 2 heterocycles. The van der Waals surface area contributed by atoms with Gasteiger partial charge in [-0.15, -0.1) is 0 Å². The first-order chi connectivity index (χ1) is 11.6. The summed E-state index contributed by atoms with van der Waals surface area (Å²) in [5.41, 5.74) is 2.05. The molecule has 3 N–H and O–H groups in total. The molecule has 4 rings (SSSR count). The summed E-state index contributed by atoms with van der Waals surface area (Å²) in [5, 5.41) is 8.33. The van der Waals surface area contributed by atoms with E-state index in [9.17, 15) is 14.4 Å². The molecule has 7 nitrogen and oxygen atoms in total. The van der Waals surface area contributed by atoms with Crippen LogP contribution in [0, 0.1) is 0 Å². The molecule has 1 aromatic rings. The molecule has 1 unspecified atom stereocenters. The SMILES string of the molecule is O=C(CNC(=O)c1ccc2c(c1)NC(=O)C1CCCN21)NC1CC1. The van der Waals surface area contributed by atoms with Gasteiger partial charge in [0.25, 0.3) is 5.91 Å². The quantitative estimate of drug-likeness (QED) is 0.755. The van der Waals surface area contributed by atoms with Gasteiger partial charge in [-0.1, -0.05) is 0 Å². The summed E-state index contributed by atoms with van der Waals surface area (Å²) in [6, 6.07) is 5.46. The number of anilines is 2. The molecule has 2 fully saturated rings. The number of carbonyl (C=O) groups excluding carboxylic acids is 3. The van der Waals surface area contributed by atoms with Crippen molar-refractivity contribution in [3.8, 4) is 0 Å². The van der Waals surface area contributed by atoms with Crippen molar-refractivity contribution in [2.75, 3.05) is 23.3 Å². The van der Waals surface area contributed by atoms with Gasteiger partial charge in [-0.25, -0.2) is 0 Å². The van der Waals surface area contributed by atoms with Gasteiger partial charge in [-0.3, -0.25) is 14.4 Å². The topological polar surface area (TPSA) is 90.5 Å². The third-order valence-corrected chi connectivity index (χ3v) is 4.73. The second kappa shape index (κ2) is 5.81. The van der Waals surface area contributed by atoms with Crippen LogP contribution in [0.1, 0.15) is 36.0 Å². The van der Waals surface area contributed by atoms with Crippen LogP contribution in [0.25, 0.3) is 0 Å². The Bertz CT molecular complexity index is 714. The molecule has 2 aliphatic heterocycles. The first-order valence-electron chi connectivity index (χ1n) is 8.41. The second-order valence-corrected chi connectivity index (χ2v) is 6.60. The summed E-state index contributed by atoms with van der Waals surface area (Å²) in [5.74, 6) is -0.500. The number of rotatable bonds is 4. The van der Waals surface area contributed by atoms with Gasteiger partial charge in [0.2, 0.25) is 11.8 Å². The average molecular weight is 328 g/mol. The van der Waals surface area contributed by atoms with Crippen LogP contribution in [-0.2, 0) is 9.59 Å². The van der Waals surface area contributed by atoms with Crippen molar-refractivity contribution in [2.45, 2.75) is 37.8 Å². The summed E-state index contributed by atoms with van der Waals surface area (Å²) in [6.07, 6.45) is 3.89. The van der Waals surface area contributed by atoms with Gasteiger partial charge < -0.3 is 20.9 Å². The molecule has 0 radical (unpaired) electrons. The molecule has 0 aromatic heterocycles. The largest absolute Gasteiger partial charge is 0.358 e. The fourth-order valence-electron chi connectivity index (χ4n) is 3.34. The zero-order valence-corrected chi connectivity index (χ0v) is 13.3. The Labute approximate surface area is 139 Å². The maximum atomic E-state index is 12.2. The molecule has 7 heteroatoms. The minimum Gasteiger partial charge on any atom is -0.358 e. The van der Waals surface area contributed by atoms with Crippen molar-refractivity contribution < 1.29 is 14.4 Å². The lowest BCUT2D eigenvalue weighted by molar-refractivity contribution is -0.120. The number of nitrogens with one attached hydrogen (secondary N) is 3. The van der Waals surface area contributed by atoms with Gasteiger partial charge >= 0.3 is 0 Å². The predicted molar refractivity (Wildman–Crippen MR) is 88.9 cm³/mol. The van der Waals surface area contributed by atoms with Crippen LogP contribution < -0.4 is 20.9 Å². The Balaban J connectivity index is 1.44. The normalized spacial score (nSPS) is 21.6. The van der Waals surface area contributed by atoms with E-state index in [1.807, 2.05) is 6.07 Å². The second-order valence-electron chi connectivity index (χ2n) is 6.60.